The van der Waals surface area contributed by atoms with Crippen molar-refractivity contribution in [1.29, 1.82) is 0 Å². The van der Waals surface area contributed by atoms with E-state index in [-0.39, 0.29) is 5.56 Å². The van der Waals surface area contributed by atoms with E-state index in [2.05, 4.69) is 11.7 Å². The molecule has 0 bridgehead atoms. The quantitative estimate of drug-likeness (QED) is 0.687. The second kappa shape index (κ2) is 6.16. The highest BCUT2D eigenvalue weighted by Gasteiger charge is 2.11. The van der Waals surface area contributed by atoms with Crippen molar-refractivity contribution in [3.05, 3.63) is 87.8 Å². The molecule has 3 rings (SSSR count). The Morgan fingerprint density at radius 1 is 1.09 bits per heavy atom. The number of benzene rings is 2. The third-order valence-electron chi connectivity index (χ3n) is 3.56. The van der Waals surface area contributed by atoms with Crippen LogP contribution in [0.5, 0.6) is 0 Å². The van der Waals surface area contributed by atoms with Crippen LogP contribution < -0.4 is 5.56 Å². The van der Waals surface area contributed by atoms with Crippen molar-refractivity contribution in [2.24, 2.45) is 0 Å². The highest BCUT2D eigenvalue weighted by Crippen LogP contribution is 2.21. The fourth-order valence-corrected chi connectivity index (χ4v) is 2.71. The molecule has 0 spiro atoms. The number of rotatable bonds is 4. The van der Waals surface area contributed by atoms with Crippen LogP contribution in [0.1, 0.15) is 11.3 Å². The molecule has 1 aromatic heterocycles. The predicted molar refractivity (Wildman–Crippen MR) is 90.5 cm³/mol. The third kappa shape index (κ3) is 2.68. The van der Waals surface area contributed by atoms with Crippen molar-refractivity contribution < 1.29 is 0 Å². The summed E-state index contributed by atoms with van der Waals surface area (Å²) in [5.41, 5.74) is 1.73. The monoisotopic (exact) mass is 310 g/mol. The number of hydrogen-bond acceptors (Lipinski definition) is 2. The van der Waals surface area contributed by atoms with Crippen molar-refractivity contribution in [3.8, 4) is 0 Å². The molecule has 3 nitrogen and oxygen atoms in total. The summed E-state index contributed by atoms with van der Waals surface area (Å²) in [6.07, 6.45) is 2.25. The smallest absolute Gasteiger partial charge is 0.267 e. The predicted octanol–water partition coefficient (Wildman–Crippen LogP) is 3.83. The van der Waals surface area contributed by atoms with Gasteiger partial charge < -0.3 is 0 Å². The van der Waals surface area contributed by atoms with Crippen LogP contribution in [-0.4, -0.2) is 9.78 Å². The molecule has 0 aliphatic carbocycles. The average molecular weight is 311 g/mol. The third-order valence-corrected chi connectivity index (χ3v) is 3.93. The molecule has 0 amide bonds. The van der Waals surface area contributed by atoms with E-state index in [1.54, 1.807) is 6.08 Å². The van der Waals surface area contributed by atoms with Gasteiger partial charge >= 0.3 is 0 Å². The zero-order chi connectivity index (χ0) is 15.5. The lowest BCUT2D eigenvalue weighted by molar-refractivity contribution is 0.645. The van der Waals surface area contributed by atoms with Crippen LogP contribution in [0, 0.1) is 0 Å². The first-order valence-corrected chi connectivity index (χ1v) is 7.41. The van der Waals surface area contributed by atoms with Gasteiger partial charge in [-0.2, -0.15) is 5.10 Å². The summed E-state index contributed by atoms with van der Waals surface area (Å²) in [6.45, 7) is 4.07. The van der Waals surface area contributed by atoms with E-state index in [4.69, 9.17) is 11.6 Å². The lowest BCUT2D eigenvalue weighted by atomic mass is 10.0. The zero-order valence-electron chi connectivity index (χ0n) is 12.0. The Morgan fingerprint density at radius 2 is 1.77 bits per heavy atom. The molecule has 0 radical (unpaired) electrons. The summed E-state index contributed by atoms with van der Waals surface area (Å²) in [5.74, 6) is 0. The van der Waals surface area contributed by atoms with E-state index in [1.807, 2.05) is 48.5 Å². The first-order valence-electron chi connectivity index (χ1n) is 7.03. The Labute approximate surface area is 133 Å². The van der Waals surface area contributed by atoms with Gasteiger partial charge in [-0.05, 0) is 17.7 Å². The first-order chi connectivity index (χ1) is 10.7. The summed E-state index contributed by atoms with van der Waals surface area (Å²) in [4.78, 5) is 12.4. The van der Waals surface area contributed by atoms with Gasteiger partial charge in [0.2, 0.25) is 0 Å². The van der Waals surface area contributed by atoms with E-state index in [0.717, 1.165) is 16.6 Å². The summed E-state index contributed by atoms with van der Waals surface area (Å²) in [6, 6.07) is 15.2. The number of allylic oxidation sites excluding steroid dienone is 1. The minimum atomic E-state index is -0.0987. The normalized spacial score (nSPS) is 10.8. The van der Waals surface area contributed by atoms with Gasteiger partial charge in [0, 0.05) is 16.8 Å². The molecule has 1 heterocycles. The molecule has 0 unspecified atom stereocenters. The lowest BCUT2D eigenvalue weighted by Gasteiger charge is -2.10. The number of hydrogen-bond donors (Lipinski definition) is 0. The van der Waals surface area contributed by atoms with Gasteiger partial charge in [0.15, 0.2) is 0 Å². The second-order valence-electron chi connectivity index (χ2n) is 5.04. The molecule has 0 N–H and O–H groups in total. The highest BCUT2D eigenvalue weighted by molar-refractivity contribution is 6.31. The molecule has 0 saturated carbocycles. The highest BCUT2D eigenvalue weighted by atomic mass is 35.5. The topological polar surface area (TPSA) is 34.9 Å². The van der Waals surface area contributed by atoms with Crippen LogP contribution in [0.4, 0.5) is 0 Å². The van der Waals surface area contributed by atoms with Crippen molar-refractivity contribution in [3.63, 3.8) is 0 Å². The number of nitrogens with zero attached hydrogens (tertiary/aromatic N) is 2. The molecular formula is C18H15ClN2O. The van der Waals surface area contributed by atoms with Gasteiger partial charge in [0.1, 0.15) is 0 Å². The van der Waals surface area contributed by atoms with Crippen molar-refractivity contribution >= 4 is 22.4 Å². The van der Waals surface area contributed by atoms with Crippen LogP contribution in [-0.2, 0) is 13.0 Å². The number of aromatic nitrogens is 2. The summed E-state index contributed by atoms with van der Waals surface area (Å²) in [5, 5.41) is 6.74. The summed E-state index contributed by atoms with van der Waals surface area (Å²) < 4.78 is 1.45. The van der Waals surface area contributed by atoms with Crippen LogP contribution in [0.15, 0.2) is 66.0 Å². The largest absolute Gasteiger partial charge is 0.274 e. The molecule has 0 atom stereocenters. The lowest BCUT2D eigenvalue weighted by Crippen LogP contribution is -2.24. The maximum atomic E-state index is 12.4. The Hall–Kier alpha value is -2.39. The van der Waals surface area contributed by atoms with Gasteiger partial charge in [-0.15, -0.1) is 6.58 Å². The first kappa shape index (κ1) is 14.5. The molecule has 0 saturated heterocycles. The zero-order valence-corrected chi connectivity index (χ0v) is 12.8. The standard InChI is InChI=1S/C18H15ClN2O/c1-2-11-21-18(22)15-9-5-4-8-14(15)17(20-21)12-13-7-3-6-10-16(13)19/h2-10H,1,11-12H2. The van der Waals surface area contributed by atoms with Gasteiger partial charge in [0.05, 0.1) is 17.6 Å². The molecule has 0 aliphatic rings. The van der Waals surface area contributed by atoms with E-state index >= 15 is 0 Å². The SMILES string of the molecule is C=CCn1nc(Cc2ccccc2Cl)c2ccccc2c1=O. The molecule has 0 aliphatic heterocycles. The molecule has 4 heteroatoms. The van der Waals surface area contributed by atoms with E-state index < -0.39 is 0 Å². The molecule has 110 valence electrons. The Balaban J connectivity index is 2.20. The number of fused-ring (bicyclic) bond motifs is 1. The molecular weight excluding hydrogens is 296 g/mol. The Bertz CT molecular complexity index is 899. The summed E-state index contributed by atoms with van der Waals surface area (Å²) in [7, 11) is 0. The number of halogens is 1. The summed E-state index contributed by atoms with van der Waals surface area (Å²) >= 11 is 6.25. The van der Waals surface area contributed by atoms with Crippen molar-refractivity contribution in [2.75, 3.05) is 0 Å². The Kier molecular flexibility index (Phi) is 4.07. The molecule has 2 aromatic carbocycles. The minimum Gasteiger partial charge on any atom is -0.267 e. The minimum absolute atomic E-state index is 0.0987. The van der Waals surface area contributed by atoms with Gasteiger partial charge in [-0.25, -0.2) is 4.68 Å². The molecule has 0 fully saturated rings. The van der Waals surface area contributed by atoms with Gasteiger partial charge in [0.25, 0.3) is 5.56 Å². The van der Waals surface area contributed by atoms with Crippen LogP contribution in [0.2, 0.25) is 5.02 Å². The van der Waals surface area contributed by atoms with Crippen molar-refractivity contribution in [1.82, 2.24) is 9.78 Å². The van der Waals surface area contributed by atoms with E-state index in [0.29, 0.717) is 23.4 Å². The van der Waals surface area contributed by atoms with Gasteiger partial charge in [-0.1, -0.05) is 54.1 Å². The van der Waals surface area contributed by atoms with Crippen LogP contribution >= 0.6 is 11.6 Å². The van der Waals surface area contributed by atoms with E-state index in [9.17, 15) is 4.79 Å². The average Bonchev–Trinajstić information content (AvgIpc) is 2.54. The van der Waals surface area contributed by atoms with Crippen molar-refractivity contribution in [2.45, 2.75) is 13.0 Å². The van der Waals surface area contributed by atoms with Gasteiger partial charge in [-0.3, -0.25) is 4.79 Å². The fourth-order valence-electron chi connectivity index (χ4n) is 2.50. The maximum absolute atomic E-state index is 12.4. The maximum Gasteiger partial charge on any atom is 0.274 e. The second-order valence-corrected chi connectivity index (χ2v) is 5.44. The molecule has 22 heavy (non-hydrogen) atoms. The Morgan fingerprint density at radius 3 is 2.50 bits per heavy atom. The molecule has 3 aromatic rings. The van der Waals surface area contributed by atoms with Crippen LogP contribution in [0.25, 0.3) is 10.8 Å². The fraction of sp³-hybridized carbons (Fsp3) is 0.111. The van der Waals surface area contributed by atoms with E-state index in [1.165, 1.54) is 4.68 Å². The van der Waals surface area contributed by atoms with Crippen LogP contribution in [0.3, 0.4) is 0 Å².